The van der Waals surface area contributed by atoms with Crippen molar-refractivity contribution in [2.45, 2.75) is 18.4 Å². The molecule has 1 aromatic carbocycles. The Bertz CT molecular complexity index is 674. The number of nitrogens with two attached hydrogens (primary N) is 1. The summed E-state index contributed by atoms with van der Waals surface area (Å²) in [7, 11) is -3.22. The minimum absolute atomic E-state index is 0.211. The van der Waals surface area contributed by atoms with Crippen molar-refractivity contribution in [1.82, 2.24) is 9.78 Å². The second-order valence-electron chi connectivity index (χ2n) is 4.21. The highest BCUT2D eigenvalue weighted by molar-refractivity contribution is 7.90. The summed E-state index contributed by atoms with van der Waals surface area (Å²) < 4.78 is 24.3. The van der Waals surface area contributed by atoms with Gasteiger partial charge >= 0.3 is 0 Å². The predicted molar refractivity (Wildman–Crippen MR) is 69.3 cm³/mol. The molecule has 0 radical (unpaired) electrons. The number of hydrogen-bond donors (Lipinski definition) is 1. The zero-order valence-corrected chi connectivity index (χ0v) is 11.1. The SMILES string of the molecule is Cc1cc(-n2cc(S(C)(=O)=O)cn2)ccc1CN. The largest absolute Gasteiger partial charge is 0.326 e. The second kappa shape index (κ2) is 4.55. The van der Waals surface area contributed by atoms with Crippen molar-refractivity contribution < 1.29 is 8.42 Å². The van der Waals surface area contributed by atoms with Gasteiger partial charge in [0.25, 0.3) is 0 Å². The lowest BCUT2D eigenvalue weighted by Gasteiger charge is -2.06. The van der Waals surface area contributed by atoms with E-state index in [-0.39, 0.29) is 4.90 Å². The summed E-state index contributed by atoms with van der Waals surface area (Å²) in [6.45, 7) is 2.45. The normalized spacial score (nSPS) is 11.7. The van der Waals surface area contributed by atoms with Gasteiger partial charge in [-0.1, -0.05) is 6.07 Å². The van der Waals surface area contributed by atoms with Gasteiger partial charge in [-0.25, -0.2) is 13.1 Å². The van der Waals surface area contributed by atoms with Crippen LogP contribution < -0.4 is 5.73 Å². The molecule has 0 amide bonds. The summed E-state index contributed by atoms with van der Waals surface area (Å²) in [5, 5.41) is 4.06. The molecule has 0 saturated carbocycles. The fourth-order valence-electron chi connectivity index (χ4n) is 1.69. The van der Waals surface area contributed by atoms with E-state index in [9.17, 15) is 8.42 Å². The van der Waals surface area contributed by atoms with E-state index in [1.807, 2.05) is 25.1 Å². The van der Waals surface area contributed by atoms with Crippen LogP contribution in [0.25, 0.3) is 5.69 Å². The van der Waals surface area contributed by atoms with E-state index in [0.29, 0.717) is 6.54 Å². The molecule has 0 bridgehead atoms. The van der Waals surface area contributed by atoms with E-state index in [0.717, 1.165) is 23.1 Å². The lowest BCUT2D eigenvalue weighted by atomic mass is 10.1. The first kappa shape index (κ1) is 12.8. The maximum atomic E-state index is 11.4. The standard InChI is InChI=1S/C12H15N3O2S/c1-9-5-11(4-3-10(9)6-13)15-8-12(7-14-15)18(2,16)17/h3-5,7-8H,6,13H2,1-2H3. The van der Waals surface area contributed by atoms with E-state index in [2.05, 4.69) is 5.10 Å². The van der Waals surface area contributed by atoms with Crippen molar-refractivity contribution in [3.63, 3.8) is 0 Å². The number of rotatable bonds is 3. The first-order valence-electron chi connectivity index (χ1n) is 5.46. The van der Waals surface area contributed by atoms with Gasteiger partial charge in [-0.2, -0.15) is 5.10 Å². The molecule has 0 spiro atoms. The van der Waals surface area contributed by atoms with Gasteiger partial charge in [0.1, 0.15) is 4.90 Å². The third-order valence-corrected chi connectivity index (χ3v) is 3.86. The van der Waals surface area contributed by atoms with Crippen LogP contribution in [0.3, 0.4) is 0 Å². The molecule has 0 fully saturated rings. The van der Waals surface area contributed by atoms with Crippen LogP contribution in [-0.4, -0.2) is 24.5 Å². The van der Waals surface area contributed by atoms with Gasteiger partial charge in [-0.15, -0.1) is 0 Å². The zero-order valence-electron chi connectivity index (χ0n) is 10.3. The fraction of sp³-hybridized carbons (Fsp3) is 0.250. The minimum Gasteiger partial charge on any atom is -0.326 e. The van der Waals surface area contributed by atoms with Crippen LogP contribution in [0, 0.1) is 6.92 Å². The van der Waals surface area contributed by atoms with Crippen molar-refractivity contribution in [1.29, 1.82) is 0 Å². The molecule has 2 rings (SSSR count). The van der Waals surface area contributed by atoms with Gasteiger partial charge < -0.3 is 5.73 Å². The number of sulfone groups is 1. The second-order valence-corrected chi connectivity index (χ2v) is 6.22. The average Bonchev–Trinajstić information content (AvgIpc) is 2.77. The van der Waals surface area contributed by atoms with Crippen LogP contribution in [0.5, 0.6) is 0 Å². The Balaban J connectivity index is 2.44. The maximum absolute atomic E-state index is 11.4. The van der Waals surface area contributed by atoms with Gasteiger partial charge in [0, 0.05) is 19.0 Å². The molecular weight excluding hydrogens is 250 g/mol. The molecule has 0 saturated heterocycles. The Labute approximate surface area is 106 Å². The third kappa shape index (κ3) is 2.44. The Morgan fingerprint density at radius 2 is 2.11 bits per heavy atom. The Kier molecular flexibility index (Phi) is 3.23. The molecule has 0 unspecified atom stereocenters. The quantitative estimate of drug-likeness (QED) is 0.899. The molecule has 0 aliphatic heterocycles. The van der Waals surface area contributed by atoms with Crippen LogP contribution in [0.4, 0.5) is 0 Å². The Morgan fingerprint density at radius 3 is 2.61 bits per heavy atom. The molecule has 0 aliphatic rings. The van der Waals surface area contributed by atoms with E-state index < -0.39 is 9.84 Å². The first-order valence-corrected chi connectivity index (χ1v) is 7.35. The predicted octanol–water partition coefficient (Wildman–Crippen LogP) is 1.04. The Morgan fingerprint density at radius 1 is 1.39 bits per heavy atom. The van der Waals surface area contributed by atoms with E-state index in [1.165, 1.54) is 12.4 Å². The van der Waals surface area contributed by atoms with Crippen LogP contribution in [0.1, 0.15) is 11.1 Å². The number of hydrogen-bond acceptors (Lipinski definition) is 4. The number of nitrogens with zero attached hydrogens (tertiary/aromatic N) is 2. The minimum atomic E-state index is -3.22. The van der Waals surface area contributed by atoms with Gasteiger partial charge in [0.15, 0.2) is 9.84 Å². The molecule has 0 aliphatic carbocycles. The third-order valence-electron chi connectivity index (χ3n) is 2.80. The highest BCUT2D eigenvalue weighted by Gasteiger charge is 2.11. The lowest BCUT2D eigenvalue weighted by molar-refractivity contribution is 0.602. The van der Waals surface area contributed by atoms with Crippen molar-refractivity contribution in [3.05, 3.63) is 41.7 Å². The van der Waals surface area contributed by atoms with Gasteiger partial charge in [-0.05, 0) is 30.2 Å². The molecule has 2 aromatic rings. The summed E-state index contributed by atoms with van der Waals surface area (Å²) >= 11 is 0. The van der Waals surface area contributed by atoms with Crippen molar-refractivity contribution in [3.8, 4) is 5.69 Å². The summed E-state index contributed by atoms with van der Waals surface area (Å²) in [6, 6.07) is 5.72. The molecular formula is C12H15N3O2S. The number of aryl methyl sites for hydroxylation is 1. The highest BCUT2D eigenvalue weighted by Crippen LogP contribution is 2.16. The Hall–Kier alpha value is -1.66. The molecule has 96 valence electrons. The van der Waals surface area contributed by atoms with Gasteiger partial charge in [-0.3, -0.25) is 0 Å². The van der Waals surface area contributed by atoms with Gasteiger partial charge in [0.2, 0.25) is 0 Å². The summed E-state index contributed by atoms with van der Waals surface area (Å²) in [6.07, 6.45) is 4.02. The number of benzene rings is 1. The number of aromatic nitrogens is 2. The van der Waals surface area contributed by atoms with E-state index >= 15 is 0 Å². The smallest absolute Gasteiger partial charge is 0.178 e. The monoisotopic (exact) mass is 265 g/mol. The summed E-state index contributed by atoms with van der Waals surface area (Å²) in [5.41, 5.74) is 8.54. The van der Waals surface area contributed by atoms with Crippen LogP contribution >= 0.6 is 0 Å². The molecule has 18 heavy (non-hydrogen) atoms. The van der Waals surface area contributed by atoms with Crippen LogP contribution in [0.15, 0.2) is 35.5 Å². The summed E-state index contributed by atoms with van der Waals surface area (Å²) in [5.74, 6) is 0. The van der Waals surface area contributed by atoms with Gasteiger partial charge in [0.05, 0.1) is 11.9 Å². The lowest BCUT2D eigenvalue weighted by Crippen LogP contribution is -2.01. The maximum Gasteiger partial charge on any atom is 0.178 e. The van der Waals surface area contributed by atoms with E-state index in [4.69, 9.17) is 5.73 Å². The first-order chi connectivity index (χ1) is 8.41. The summed E-state index contributed by atoms with van der Waals surface area (Å²) in [4.78, 5) is 0.211. The molecule has 1 heterocycles. The van der Waals surface area contributed by atoms with Crippen molar-refractivity contribution >= 4 is 9.84 Å². The van der Waals surface area contributed by atoms with Crippen molar-refractivity contribution in [2.24, 2.45) is 5.73 Å². The molecule has 2 N–H and O–H groups in total. The highest BCUT2D eigenvalue weighted by atomic mass is 32.2. The molecule has 0 atom stereocenters. The average molecular weight is 265 g/mol. The van der Waals surface area contributed by atoms with E-state index in [1.54, 1.807) is 4.68 Å². The molecule has 6 heteroatoms. The topological polar surface area (TPSA) is 78.0 Å². The fourth-order valence-corrected chi connectivity index (χ4v) is 2.22. The zero-order chi connectivity index (χ0) is 13.3. The van der Waals surface area contributed by atoms with Crippen LogP contribution in [-0.2, 0) is 16.4 Å². The molecule has 1 aromatic heterocycles. The van der Waals surface area contributed by atoms with Crippen LogP contribution in [0.2, 0.25) is 0 Å². The van der Waals surface area contributed by atoms with Crippen molar-refractivity contribution in [2.75, 3.05) is 6.26 Å². The molecule has 5 nitrogen and oxygen atoms in total.